The number of rotatable bonds is 5. The second-order valence-electron chi connectivity index (χ2n) is 7.48. The lowest BCUT2D eigenvalue weighted by Crippen LogP contribution is -2.33. The molecule has 2 heterocycles. The molecule has 2 aromatic rings. The van der Waals surface area contributed by atoms with Crippen LogP contribution in [0.3, 0.4) is 0 Å². The van der Waals surface area contributed by atoms with Gasteiger partial charge in [0.15, 0.2) is 0 Å². The molecule has 1 saturated heterocycles. The number of carbonyl (C=O) groups is 2. The van der Waals surface area contributed by atoms with Crippen LogP contribution in [0.4, 0.5) is 5.69 Å². The van der Waals surface area contributed by atoms with Crippen LogP contribution in [0, 0.1) is 11.3 Å². The summed E-state index contributed by atoms with van der Waals surface area (Å²) in [7, 11) is 0. The molecular formula is C21H24N4O2. The van der Waals surface area contributed by atoms with E-state index in [4.69, 9.17) is 0 Å². The predicted octanol–water partition coefficient (Wildman–Crippen LogP) is 2.34. The Morgan fingerprint density at radius 1 is 1.15 bits per heavy atom. The van der Waals surface area contributed by atoms with Crippen molar-refractivity contribution in [1.82, 2.24) is 15.6 Å². The minimum Gasteiger partial charge on any atom is -0.352 e. The summed E-state index contributed by atoms with van der Waals surface area (Å²) < 4.78 is 0. The Balaban J connectivity index is 1.33. The van der Waals surface area contributed by atoms with E-state index in [0.29, 0.717) is 17.8 Å². The fraction of sp³-hybridized carbons (Fsp3) is 0.381. The number of piperidine rings is 1. The predicted molar refractivity (Wildman–Crippen MR) is 103 cm³/mol. The first-order valence-electron chi connectivity index (χ1n) is 9.45. The normalized spacial score (nSPS) is 20.1. The van der Waals surface area contributed by atoms with Gasteiger partial charge in [-0.2, -0.15) is 0 Å². The first-order valence-corrected chi connectivity index (χ1v) is 9.45. The quantitative estimate of drug-likeness (QED) is 0.760. The van der Waals surface area contributed by atoms with Crippen molar-refractivity contribution in [2.24, 2.45) is 11.3 Å². The third-order valence-corrected chi connectivity index (χ3v) is 5.70. The van der Waals surface area contributed by atoms with Gasteiger partial charge in [-0.15, -0.1) is 0 Å². The van der Waals surface area contributed by atoms with Gasteiger partial charge in [0.25, 0.3) is 5.91 Å². The standard InChI is InChI=1S/C21H24N4O2/c26-19(25-17-4-8-22-9-5-17)16-3-1-2-15(12-16)14-24-20(27)18-13-21(18)6-10-23-11-7-21/h1-5,8-9,12,18,23H,6-7,10-11,13-14H2,(H,24,27)(H,22,25,26). The lowest BCUT2D eigenvalue weighted by atomic mass is 9.92. The number of aromatic nitrogens is 1. The van der Waals surface area contributed by atoms with Crippen LogP contribution >= 0.6 is 0 Å². The van der Waals surface area contributed by atoms with Crippen molar-refractivity contribution in [2.45, 2.75) is 25.8 Å². The molecule has 1 aromatic heterocycles. The molecule has 1 aliphatic carbocycles. The van der Waals surface area contributed by atoms with E-state index in [1.165, 1.54) is 0 Å². The number of hydrogen-bond donors (Lipinski definition) is 3. The van der Waals surface area contributed by atoms with Gasteiger partial charge in [-0.1, -0.05) is 12.1 Å². The maximum absolute atomic E-state index is 12.5. The summed E-state index contributed by atoms with van der Waals surface area (Å²) in [6, 6.07) is 10.9. The fourth-order valence-corrected chi connectivity index (χ4v) is 3.97. The van der Waals surface area contributed by atoms with E-state index in [-0.39, 0.29) is 23.1 Å². The molecule has 0 radical (unpaired) electrons. The summed E-state index contributed by atoms with van der Waals surface area (Å²) in [6.07, 6.45) is 6.46. The molecule has 3 N–H and O–H groups in total. The molecule has 1 aliphatic heterocycles. The van der Waals surface area contributed by atoms with Crippen LogP contribution in [0.1, 0.15) is 35.2 Å². The molecule has 6 nitrogen and oxygen atoms in total. The van der Waals surface area contributed by atoms with Gasteiger partial charge in [0.05, 0.1) is 0 Å². The van der Waals surface area contributed by atoms with E-state index in [1.54, 1.807) is 30.6 Å². The van der Waals surface area contributed by atoms with E-state index >= 15 is 0 Å². The number of nitrogens with one attached hydrogen (secondary N) is 3. The summed E-state index contributed by atoms with van der Waals surface area (Å²) in [4.78, 5) is 28.8. The number of carbonyl (C=O) groups excluding carboxylic acids is 2. The fourth-order valence-electron chi connectivity index (χ4n) is 3.97. The van der Waals surface area contributed by atoms with E-state index < -0.39 is 0 Å². The third-order valence-electron chi connectivity index (χ3n) is 5.70. The highest BCUT2D eigenvalue weighted by atomic mass is 16.2. The summed E-state index contributed by atoms with van der Waals surface area (Å²) in [5, 5.41) is 9.25. The Morgan fingerprint density at radius 2 is 1.93 bits per heavy atom. The minimum atomic E-state index is -0.176. The largest absolute Gasteiger partial charge is 0.352 e. The van der Waals surface area contributed by atoms with Crippen LogP contribution in [0.5, 0.6) is 0 Å². The highest BCUT2D eigenvalue weighted by Gasteiger charge is 2.57. The molecule has 1 aromatic carbocycles. The van der Waals surface area contributed by atoms with E-state index in [2.05, 4.69) is 20.9 Å². The highest BCUT2D eigenvalue weighted by molar-refractivity contribution is 6.04. The second-order valence-corrected chi connectivity index (χ2v) is 7.48. The van der Waals surface area contributed by atoms with Gasteiger partial charge in [0.1, 0.15) is 0 Å². The number of anilines is 1. The smallest absolute Gasteiger partial charge is 0.255 e. The molecule has 1 unspecified atom stereocenters. The van der Waals surface area contributed by atoms with E-state index in [0.717, 1.165) is 37.9 Å². The average Bonchev–Trinajstić information content (AvgIpc) is 3.40. The van der Waals surface area contributed by atoms with Crippen LogP contribution < -0.4 is 16.0 Å². The zero-order valence-electron chi connectivity index (χ0n) is 15.2. The van der Waals surface area contributed by atoms with Crippen LogP contribution in [0.2, 0.25) is 0 Å². The van der Waals surface area contributed by atoms with Gasteiger partial charge < -0.3 is 16.0 Å². The highest BCUT2D eigenvalue weighted by Crippen LogP contribution is 2.58. The first kappa shape index (κ1) is 17.7. The number of benzene rings is 1. The molecule has 27 heavy (non-hydrogen) atoms. The van der Waals surface area contributed by atoms with Crippen molar-refractivity contribution in [1.29, 1.82) is 0 Å². The monoisotopic (exact) mass is 364 g/mol. The summed E-state index contributed by atoms with van der Waals surface area (Å²) in [5.41, 5.74) is 2.43. The van der Waals surface area contributed by atoms with Gasteiger partial charge in [-0.3, -0.25) is 14.6 Å². The van der Waals surface area contributed by atoms with Gasteiger partial charge in [-0.05, 0) is 67.6 Å². The minimum absolute atomic E-state index is 0.142. The number of pyridine rings is 1. The van der Waals surface area contributed by atoms with Crippen LogP contribution in [-0.4, -0.2) is 29.9 Å². The maximum Gasteiger partial charge on any atom is 0.255 e. The van der Waals surface area contributed by atoms with Crippen LogP contribution in [-0.2, 0) is 11.3 Å². The van der Waals surface area contributed by atoms with E-state index in [1.807, 2.05) is 18.2 Å². The molecular weight excluding hydrogens is 340 g/mol. The Bertz CT molecular complexity index is 831. The van der Waals surface area contributed by atoms with Gasteiger partial charge in [0, 0.05) is 36.1 Å². The lowest BCUT2D eigenvalue weighted by Gasteiger charge is -2.23. The zero-order chi connectivity index (χ0) is 18.7. The number of amides is 2. The molecule has 0 bridgehead atoms. The lowest BCUT2D eigenvalue weighted by molar-refractivity contribution is -0.123. The van der Waals surface area contributed by atoms with Crippen LogP contribution in [0.25, 0.3) is 0 Å². The van der Waals surface area contributed by atoms with Crippen molar-refractivity contribution in [3.63, 3.8) is 0 Å². The molecule has 6 heteroatoms. The van der Waals surface area contributed by atoms with E-state index in [9.17, 15) is 9.59 Å². The summed E-state index contributed by atoms with van der Waals surface area (Å²) in [5.74, 6) is 0.117. The van der Waals surface area contributed by atoms with Gasteiger partial charge >= 0.3 is 0 Å². The second kappa shape index (κ2) is 7.48. The zero-order valence-corrected chi connectivity index (χ0v) is 15.2. The van der Waals surface area contributed by atoms with Crippen LogP contribution in [0.15, 0.2) is 48.8 Å². The maximum atomic E-state index is 12.5. The van der Waals surface area contributed by atoms with Gasteiger partial charge in [0.2, 0.25) is 5.91 Å². The molecule has 2 amide bonds. The molecule has 2 aliphatic rings. The molecule has 1 spiro atoms. The first-order chi connectivity index (χ1) is 13.2. The summed E-state index contributed by atoms with van der Waals surface area (Å²) >= 11 is 0. The average molecular weight is 364 g/mol. The number of nitrogens with zero attached hydrogens (tertiary/aromatic N) is 1. The Hall–Kier alpha value is -2.73. The Kier molecular flexibility index (Phi) is 4.90. The Morgan fingerprint density at radius 3 is 2.70 bits per heavy atom. The molecule has 2 fully saturated rings. The molecule has 4 rings (SSSR count). The topological polar surface area (TPSA) is 83.1 Å². The summed E-state index contributed by atoms with van der Waals surface area (Å²) in [6.45, 7) is 2.47. The molecule has 140 valence electrons. The van der Waals surface area contributed by atoms with Crippen molar-refractivity contribution in [3.8, 4) is 0 Å². The molecule has 1 saturated carbocycles. The van der Waals surface area contributed by atoms with Crippen molar-refractivity contribution in [2.75, 3.05) is 18.4 Å². The van der Waals surface area contributed by atoms with Crippen molar-refractivity contribution in [3.05, 3.63) is 59.9 Å². The number of hydrogen-bond acceptors (Lipinski definition) is 4. The van der Waals surface area contributed by atoms with Crippen molar-refractivity contribution < 1.29 is 9.59 Å². The van der Waals surface area contributed by atoms with Gasteiger partial charge in [-0.25, -0.2) is 0 Å². The third kappa shape index (κ3) is 4.01. The SMILES string of the molecule is O=C(Nc1ccncc1)c1cccc(CNC(=O)C2CC23CCNCC3)c1. The van der Waals surface area contributed by atoms with Crippen molar-refractivity contribution >= 4 is 17.5 Å². The molecule has 1 atom stereocenters. The Labute approximate surface area is 158 Å².